The minimum atomic E-state index is -0.996. The zero-order valence-corrected chi connectivity index (χ0v) is 10.4. The summed E-state index contributed by atoms with van der Waals surface area (Å²) >= 11 is 0. The topological polar surface area (TPSA) is 78.4 Å². The third-order valence-electron chi connectivity index (χ3n) is 2.95. The fourth-order valence-electron chi connectivity index (χ4n) is 2.03. The van der Waals surface area contributed by atoms with Crippen LogP contribution in [0.3, 0.4) is 0 Å². The van der Waals surface area contributed by atoms with Crippen molar-refractivity contribution in [2.45, 2.75) is 18.9 Å². The molecule has 1 atom stereocenters. The fourth-order valence-corrected chi connectivity index (χ4v) is 2.03. The summed E-state index contributed by atoms with van der Waals surface area (Å²) in [5, 5.41) is 14.5. The molecule has 5 heteroatoms. The fraction of sp³-hybridized carbons (Fsp3) is 0.286. The maximum Gasteiger partial charge on any atom is 0.328 e. The lowest BCUT2D eigenvalue weighted by molar-refractivity contribution is -0.131. The Hall–Kier alpha value is -2.14. The average molecular weight is 260 g/mol. The van der Waals surface area contributed by atoms with Crippen LogP contribution in [-0.2, 0) is 9.59 Å². The summed E-state index contributed by atoms with van der Waals surface area (Å²) in [6.45, 7) is 0.874. The number of hydrogen-bond donors (Lipinski definition) is 3. The van der Waals surface area contributed by atoms with E-state index in [-0.39, 0.29) is 11.9 Å². The molecule has 1 aromatic rings. The van der Waals surface area contributed by atoms with E-state index in [2.05, 4.69) is 10.6 Å². The van der Waals surface area contributed by atoms with Gasteiger partial charge in [-0.2, -0.15) is 0 Å². The Kier molecular flexibility index (Phi) is 4.30. The van der Waals surface area contributed by atoms with Crippen molar-refractivity contribution in [3.05, 3.63) is 35.9 Å². The maximum atomic E-state index is 11.9. The molecule has 0 aromatic heterocycles. The van der Waals surface area contributed by atoms with Gasteiger partial charge in [-0.3, -0.25) is 4.79 Å². The van der Waals surface area contributed by atoms with E-state index in [1.807, 2.05) is 0 Å². The lowest BCUT2D eigenvalue weighted by Crippen LogP contribution is -2.35. The van der Waals surface area contributed by atoms with Gasteiger partial charge >= 0.3 is 5.97 Å². The number of amides is 1. The number of carboxylic acid groups (broad SMARTS) is 1. The highest BCUT2D eigenvalue weighted by Crippen LogP contribution is 2.14. The van der Waals surface area contributed by atoms with Crippen molar-refractivity contribution in [1.29, 1.82) is 0 Å². The van der Waals surface area contributed by atoms with E-state index in [0.717, 1.165) is 31.0 Å². The molecule has 1 heterocycles. The average Bonchev–Trinajstić information content (AvgIpc) is 2.91. The number of nitrogens with one attached hydrogen (secondary N) is 2. The van der Waals surface area contributed by atoms with Crippen LogP contribution < -0.4 is 10.6 Å². The molecule has 3 N–H and O–H groups in total. The molecular weight excluding hydrogens is 244 g/mol. The van der Waals surface area contributed by atoms with Gasteiger partial charge in [0.1, 0.15) is 0 Å². The third kappa shape index (κ3) is 3.93. The van der Waals surface area contributed by atoms with Crippen molar-refractivity contribution in [1.82, 2.24) is 5.32 Å². The van der Waals surface area contributed by atoms with Crippen LogP contribution in [0.1, 0.15) is 18.4 Å². The molecule has 1 amide bonds. The number of carbonyl (C=O) groups is 2. The number of rotatable bonds is 4. The molecule has 100 valence electrons. The van der Waals surface area contributed by atoms with Crippen molar-refractivity contribution < 1.29 is 14.7 Å². The zero-order chi connectivity index (χ0) is 13.7. The molecule has 0 bridgehead atoms. The van der Waals surface area contributed by atoms with E-state index in [1.54, 1.807) is 24.3 Å². The Morgan fingerprint density at radius 2 is 2.26 bits per heavy atom. The van der Waals surface area contributed by atoms with Gasteiger partial charge in [0.2, 0.25) is 5.91 Å². The molecule has 2 rings (SSSR count). The van der Waals surface area contributed by atoms with Crippen molar-refractivity contribution in [3.8, 4) is 0 Å². The van der Waals surface area contributed by atoms with Crippen LogP contribution >= 0.6 is 0 Å². The van der Waals surface area contributed by atoms with Crippen LogP contribution in [0.5, 0.6) is 0 Å². The van der Waals surface area contributed by atoms with Gasteiger partial charge in [0.05, 0.1) is 6.04 Å². The minimum Gasteiger partial charge on any atom is -0.478 e. The maximum absolute atomic E-state index is 11.9. The third-order valence-corrected chi connectivity index (χ3v) is 2.95. The number of anilines is 1. The van der Waals surface area contributed by atoms with E-state index in [4.69, 9.17) is 5.11 Å². The van der Waals surface area contributed by atoms with Crippen LogP contribution in [0.15, 0.2) is 30.3 Å². The predicted molar refractivity (Wildman–Crippen MR) is 72.8 cm³/mol. The highest BCUT2D eigenvalue weighted by atomic mass is 16.4. The first kappa shape index (κ1) is 13.3. The highest BCUT2D eigenvalue weighted by molar-refractivity contribution is 5.95. The lowest BCUT2D eigenvalue weighted by atomic mass is 10.1. The number of aliphatic carboxylic acids is 1. The standard InChI is InChI=1S/C14H16N2O3/c17-13(18)7-6-10-3-1-4-11(9-10)16-14(19)12-5-2-8-15-12/h1,3-4,6-7,9,12,15H,2,5,8H2,(H,16,19)(H,17,18)/b7-6+/t12-/m0/s1. The van der Waals surface area contributed by atoms with Crippen molar-refractivity contribution in [3.63, 3.8) is 0 Å². The summed E-state index contributed by atoms with van der Waals surface area (Å²) in [5.74, 6) is -1.04. The largest absolute Gasteiger partial charge is 0.478 e. The highest BCUT2D eigenvalue weighted by Gasteiger charge is 2.21. The van der Waals surface area contributed by atoms with Crippen molar-refractivity contribution in [2.75, 3.05) is 11.9 Å². The molecule has 0 aliphatic carbocycles. The van der Waals surface area contributed by atoms with Crippen LogP contribution in [0, 0.1) is 0 Å². The molecule has 0 radical (unpaired) electrons. The van der Waals surface area contributed by atoms with Gasteiger partial charge in [-0.05, 0) is 43.2 Å². The normalized spacial score (nSPS) is 18.6. The van der Waals surface area contributed by atoms with Gasteiger partial charge in [0.25, 0.3) is 0 Å². The second-order valence-electron chi connectivity index (χ2n) is 4.44. The van der Waals surface area contributed by atoms with Gasteiger partial charge < -0.3 is 15.7 Å². The van der Waals surface area contributed by atoms with E-state index in [1.165, 1.54) is 6.08 Å². The summed E-state index contributed by atoms with van der Waals surface area (Å²) < 4.78 is 0. The van der Waals surface area contributed by atoms with E-state index < -0.39 is 5.97 Å². The summed E-state index contributed by atoms with van der Waals surface area (Å²) in [5.41, 5.74) is 1.41. The molecular formula is C14H16N2O3. The monoisotopic (exact) mass is 260 g/mol. The first-order chi connectivity index (χ1) is 9.15. The zero-order valence-electron chi connectivity index (χ0n) is 10.4. The molecule has 19 heavy (non-hydrogen) atoms. The Balaban J connectivity index is 2.02. The lowest BCUT2D eigenvalue weighted by Gasteiger charge is -2.11. The van der Waals surface area contributed by atoms with Crippen LogP contribution in [0.25, 0.3) is 6.08 Å². The Labute approximate surface area is 111 Å². The molecule has 0 spiro atoms. The van der Waals surface area contributed by atoms with E-state index >= 15 is 0 Å². The predicted octanol–water partition coefficient (Wildman–Crippen LogP) is 1.47. The first-order valence-corrected chi connectivity index (χ1v) is 6.20. The molecule has 5 nitrogen and oxygen atoms in total. The summed E-state index contributed by atoms with van der Waals surface area (Å²) in [6, 6.07) is 6.96. The van der Waals surface area contributed by atoms with Gasteiger partial charge in [-0.1, -0.05) is 12.1 Å². The van der Waals surface area contributed by atoms with Crippen LogP contribution in [0.2, 0.25) is 0 Å². The van der Waals surface area contributed by atoms with Gasteiger partial charge in [0, 0.05) is 11.8 Å². The second-order valence-corrected chi connectivity index (χ2v) is 4.44. The molecule has 1 saturated heterocycles. The van der Waals surface area contributed by atoms with E-state index in [0.29, 0.717) is 5.69 Å². The Bertz CT molecular complexity index is 505. The molecule has 0 unspecified atom stereocenters. The van der Waals surface area contributed by atoms with Gasteiger partial charge in [-0.15, -0.1) is 0 Å². The van der Waals surface area contributed by atoms with E-state index in [9.17, 15) is 9.59 Å². The SMILES string of the molecule is O=C(O)/C=C/c1cccc(NC(=O)[C@@H]2CCCN2)c1. The van der Waals surface area contributed by atoms with Crippen LogP contribution in [0.4, 0.5) is 5.69 Å². The molecule has 0 saturated carbocycles. The molecule has 1 aromatic carbocycles. The van der Waals surface area contributed by atoms with Crippen molar-refractivity contribution >= 4 is 23.6 Å². The minimum absolute atomic E-state index is 0.0446. The second kappa shape index (κ2) is 6.15. The van der Waals surface area contributed by atoms with Gasteiger partial charge in [-0.25, -0.2) is 4.79 Å². The number of carbonyl (C=O) groups excluding carboxylic acids is 1. The first-order valence-electron chi connectivity index (χ1n) is 6.20. The van der Waals surface area contributed by atoms with Gasteiger partial charge in [0.15, 0.2) is 0 Å². The number of hydrogen-bond acceptors (Lipinski definition) is 3. The summed E-state index contributed by atoms with van der Waals surface area (Å²) in [4.78, 5) is 22.4. The molecule has 1 fully saturated rings. The Morgan fingerprint density at radius 3 is 2.95 bits per heavy atom. The summed E-state index contributed by atoms with van der Waals surface area (Å²) in [6.07, 6.45) is 4.43. The molecule has 1 aliphatic rings. The quantitative estimate of drug-likeness (QED) is 0.716. The Morgan fingerprint density at radius 1 is 1.42 bits per heavy atom. The number of carboxylic acids is 1. The summed E-state index contributed by atoms with van der Waals surface area (Å²) in [7, 11) is 0. The van der Waals surface area contributed by atoms with Crippen LogP contribution in [-0.4, -0.2) is 29.6 Å². The van der Waals surface area contributed by atoms with Crippen molar-refractivity contribution in [2.24, 2.45) is 0 Å². The molecule has 1 aliphatic heterocycles. The number of benzene rings is 1. The smallest absolute Gasteiger partial charge is 0.328 e.